The Kier molecular flexibility index (Phi) is 6.46. The predicted molar refractivity (Wildman–Crippen MR) is 67.4 cm³/mol. The number of carbonyl (C=O) groups is 1. The second-order valence-electron chi connectivity index (χ2n) is 5.20. The molecule has 0 aromatic rings. The van der Waals surface area contributed by atoms with Gasteiger partial charge in [0.15, 0.2) is 0 Å². The van der Waals surface area contributed by atoms with Crippen molar-refractivity contribution in [1.29, 1.82) is 0 Å². The fourth-order valence-corrected chi connectivity index (χ4v) is 2.35. The van der Waals surface area contributed by atoms with Crippen LogP contribution in [-0.2, 0) is 4.79 Å². The summed E-state index contributed by atoms with van der Waals surface area (Å²) in [6.07, 6.45) is 8.29. The van der Waals surface area contributed by atoms with Crippen LogP contribution in [0.3, 0.4) is 0 Å². The minimum absolute atomic E-state index is 0.241. The van der Waals surface area contributed by atoms with E-state index in [1.165, 1.54) is 25.7 Å². The van der Waals surface area contributed by atoms with Crippen LogP contribution in [-0.4, -0.2) is 38.0 Å². The van der Waals surface area contributed by atoms with Crippen LogP contribution in [0.4, 0.5) is 0 Å². The topological polar surface area (TPSA) is 32.3 Å². The van der Waals surface area contributed by atoms with Gasteiger partial charge in [0.25, 0.3) is 0 Å². The molecule has 1 rings (SSSR count). The van der Waals surface area contributed by atoms with Gasteiger partial charge in [-0.3, -0.25) is 4.79 Å². The van der Waals surface area contributed by atoms with Crippen LogP contribution >= 0.6 is 0 Å². The summed E-state index contributed by atoms with van der Waals surface area (Å²) < 4.78 is 0. The fraction of sp³-hybridized carbons (Fsp3) is 0.923. The van der Waals surface area contributed by atoms with Crippen molar-refractivity contribution in [1.82, 2.24) is 10.2 Å². The van der Waals surface area contributed by atoms with Gasteiger partial charge in [-0.05, 0) is 39.4 Å². The lowest BCUT2D eigenvalue weighted by atomic mass is 10.0. The first kappa shape index (κ1) is 13.5. The van der Waals surface area contributed by atoms with Gasteiger partial charge in [-0.15, -0.1) is 0 Å². The van der Waals surface area contributed by atoms with E-state index in [4.69, 9.17) is 0 Å². The van der Waals surface area contributed by atoms with Crippen LogP contribution in [0.15, 0.2) is 0 Å². The summed E-state index contributed by atoms with van der Waals surface area (Å²) in [7, 11) is 4.11. The molecule has 16 heavy (non-hydrogen) atoms. The molecule has 0 saturated heterocycles. The summed E-state index contributed by atoms with van der Waals surface area (Å²) in [5.41, 5.74) is 0. The van der Waals surface area contributed by atoms with Crippen molar-refractivity contribution in [2.75, 3.05) is 27.2 Å². The molecule has 1 amide bonds. The van der Waals surface area contributed by atoms with E-state index in [9.17, 15) is 4.79 Å². The maximum absolute atomic E-state index is 11.5. The number of rotatable bonds is 7. The molecule has 94 valence electrons. The Hall–Kier alpha value is -0.570. The van der Waals surface area contributed by atoms with Gasteiger partial charge in [0.05, 0.1) is 0 Å². The highest BCUT2D eigenvalue weighted by atomic mass is 16.1. The van der Waals surface area contributed by atoms with Crippen LogP contribution in [0.5, 0.6) is 0 Å². The van der Waals surface area contributed by atoms with Crippen LogP contribution in [0, 0.1) is 5.92 Å². The third-order valence-electron chi connectivity index (χ3n) is 3.36. The molecule has 0 aromatic heterocycles. The highest BCUT2D eigenvalue weighted by Gasteiger charge is 2.15. The van der Waals surface area contributed by atoms with E-state index < -0.39 is 0 Å². The molecule has 0 aliphatic heterocycles. The lowest BCUT2D eigenvalue weighted by Gasteiger charge is -2.11. The molecule has 1 aliphatic rings. The number of nitrogens with zero attached hydrogens (tertiary/aromatic N) is 1. The molecule has 0 heterocycles. The number of carbonyl (C=O) groups excluding carboxylic acids is 1. The Bertz CT molecular complexity index is 198. The second kappa shape index (κ2) is 7.66. The van der Waals surface area contributed by atoms with E-state index in [0.29, 0.717) is 0 Å². The first-order valence-corrected chi connectivity index (χ1v) is 6.60. The zero-order chi connectivity index (χ0) is 11.8. The summed E-state index contributed by atoms with van der Waals surface area (Å²) in [4.78, 5) is 13.7. The van der Waals surface area contributed by atoms with E-state index in [1.807, 2.05) is 0 Å². The summed E-state index contributed by atoms with van der Waals surface area (Å²) in [5, 5.41) is 3.00. The Morgan fingerprint density at radius 2 is 2.00 bits per heavy atom. The van der Waals surface area contributed by atoms with Gasteiger partial charge in [0, 0.05) is 13.0 Å². The molecule has 1 saturated carbocycles. The third kappa shape index (κ3) is 6.11. The highest BCUT2D eigenvalue weighted by Crippen LogP contribution is 2.28. The highest BCUT2D eigenvalue weighted by molar-refractivity contribution is 5.75. The smallest absolute Gasteiger partial charge is 0.220 e. The fourth-order valence-electron chi connectivity index (χ4n) is 2.35. The van der Waals surface area contributed by atoms with E-state index in [0.717, 1.165) is 38.3 Å². The minimum atomic E-state index is 0.241. The molecule has 1 fully saturated rings. The normalized spacial score (nSPS) is 16.9. The molecule has 0 spiro atoms. The van der Waals surface area contributed by atoms with Gasteiger partial charge < -0.3 is 10.2 Å². The third-order valence-corrected chi connectivity index (χ3v) is 3.36. The summed E-state index contributed by atoms with van der Waals surface area (Å²) in [5.74, 6) is 1.07. The average Bonchev–Trinajstić information content (AvgIpc) is 2.74. The predicted octanol–water partition coefficient (Wildman–Crippen LogP) is 2.02. The first-order valence-electron chi connectivity index (χ1n) is 6.60. The molecule has 0 bridgehead atoms. The Morgan fingerprint density at radius 1 is 1.31 bits per heavy atom. The van der Waals surface area contributed by atoms with E-state index >= 15 is 0 Å². The molecule has 3 nitrogen and oxygen atoms in total. The van der Waals surface area contributed by atoms with Crippen LogP contribution in [0.1, 0.15) is 44.9 Å². The molecule has 1 aliphatic carbocycles. The Labute approximate surface area is 99.6 Å². The van der Waals surface area contributed by atoms with Crippen LogP contribution < -0.4 is 5.32 Å². The van der Waals surface area contributed by atoms with Gasteiger partial charge in [-0.2, -0.15) is 0 Å². The van der Waals surface area contributed by atoms with Gasteiger partial charge in [0.2, 0.25) is 5.91 Å². The lowest BCUT2D eigenvalue weighted by Crippen LogP contribution is -2.27. The quantitative estimate of drug-likeness (QED) is 0.674. The SMILES string of the molecule is CN(C)CCCNC(=O)CCC1CCCC1. The number of nitrogens with one attached hydrogen (secondary N) is 1. The zero-order valence-corrected chi connectivity index (χ0v) is 10.8. The number of hydrogen-bond donors (Lipinski definition) is 1. The zero-order valence-electron chi connectivity index (χ0n) is 10.8. The van der Waals surface area contributed by atoms with Crippen molar-refractivity contribution in [3.63, 3.8) is 0 Å². The van der Waals surface area contributed by atoms with Crippen molar-refractivity contribution in [2.45, 2.75) is 44.9 Å². The molecule has 0 aromatic carbocycles. The minimum Gasteiger partial charge on any atom is -0.356 e. The first-order chi connectivity index (χ1) is 7.68. The second-order valence-corrected chi connectivity index (χ2v) is 5.20. The lowest BCUT2D eigenvalue weighted by molar-refractivity contribution is -0.121. The summed E-state index contributed by atoms with van der Waals surface area (Å²) in [6, 6.07) is 0. The standard InChI is InChI=1S/C13H26N2O/c1-15(2)11-5-10-14-13(16)9-8-12-6-3-4-7-12/h12H,3-11H2,1-2H3,(H,14,16). The van der Waals surface area contributed by atoms with Gasteiger partial charge in [-0.25, -0.2) is 0 Å². The van der Waals surface area contributed by atoms with Crippen molar-refractivity contribution < 1.29 is 4.79 Å². The van der Waals surface area contributed by atoms with Crippen molar-refractivity contribution in [2.24, 2.45) is 5.92 Å². The van der Waals surface area contributed by atoms with Gasteiger partial charge in [0.1, 0.15) is 0 Å². The van der Waals surface area contributed by atoms with Gasteiger partial charge >= 0.3 is 0 Å². The van der Waals surface area contributed by atoms with Gasteiger partial charge in [-0.1, -0.05) is 25.7 Å². The van der Waals surface area contributed by atoms with Crippen LogP contribution in [0.25, 0.3) is 0 Å². The summed E-state index contributed by atoms with van der Waals surface area (Å²) >= 11 is 0. The number of amides is 1. The maximum Gasteiger partial charge on any atom is 0.220 e. The van der Waals surface area contributed by atoms with Crippen molar-refractivity contribution in [3.8, 4) is 0 Å². The molecule has 0 unspecified atom stereocenters. The van der Waals surface area contributed by atoms with E-state index in [1.54, 1.807) is 0 Å². The van der Waals surface area contributed by atoms with Crippen LogP contribution in [0.2, 0.25) is 0 Å². The van der Waals surface area contributed by atoms with Crippen molar-refractivity contribution >= 4 is 5.91 Å². The van der Waals surface area contributed by atoms with E-state index in [2.05, 4.69) is 24.3 Å². The maximum atomic E-state index is 11.5. The Balaban J connectivity index is 1.94. The Morgan fingerprint density at radius 3 is 2.62 bits per heavy atom. The molecule has 0 radical (unpaired) electrons. The van der Waals surface area contributed by atoms with Crippen molar-refractivity contribution in [3.05, 3.63) is 0 Å². The largest absolute Gasteiger partial charge is 0.356 e. The number of hydrogen-bond acceptors (Lipinski definition) is 2. The molecule has 3 heteroatoms. The molecular weight excluding hydrogens is 200 g/mol. The van der Waals surface area contributed by atoms with E-state index in [-0.39, 0.29) is 5.91 Å². The molecule has 0 atom stereocenters. The monoisotopic (exact) mass is 226 g/mol. The molecule has 1 N–H and O–H groups in total. The molecular formula is C13H26N2O. The summed E-state index contributed by atoms with van der Waals surface area (Å²) in [6.45, 7) is 1.87. The average molecular weight is 226 g/mol.